The number of rotatable bonds is 4. The van der Waals surface area contributed by atoms with E-state index in [-0.39, 0.29) is 5.82 Å². The van der Waals surface area contributed by atoms with Crippen molar-refractivity contribution in [3.63, 3.8) is 0 Å². The van der Waals surface area contributed by atoms with Crippen molar-refractivity contribution in [2.45, 2.75) is 0 Å². The van der Waals surface area contributed by atoms with Gasteiger partial charge >= 0.3 is 0 Å². The summed E-state index contributed by atoms with van der Waals surface area (Å²) in [5.41, 5.74) is 6.85. The third-order valence-corrected chi connectivity index (χ3v) is 2.57. The van der Waals surface area contributed by atoms with E-state index in [0.717, 1.165) is 18.0 Å². The molecule has 1 aromatic carbocycles. The molecule has 4 heteroatoms. The highest BCUT2D eigenvalue weighted by molar-refractivity contribution is 7.98. The first-order chi connectivity index (χ1) is 6.63. The van der Waals surface area contributed by atoms with E-state index in [9.17, 15) is 4.39 Å². The normalized spacial score (nSPS) is 10.2. The molecule has 1 aromatic rings. The van der Waals surface area contributed by atoms with E-state index in [1.807, 2.05) is 18.2 Å². The van der Waals surface area contributed by atoms with Crippen molar-refractivity contribution in [1.29, 1.82) is 0 Å². The van der Waals surface area contributed by atoms with Crippen LogP contribution in [0.2, 0.25) is 0 Å². The molecular weight excluding hydrogens is 199 g/mol. The Morgan fingerprint density at radius 1 is 1.43 bits per heavy atom. The van der Waals surface area contributed by atoms with Crippen LogP contribution in [0.3, 0.4) is 0 Å². The van der Waals surface area contributed by atoms with E-state index in [1.165, 1.54) is 12.1 Å². The molecule has 0 amide bonds. The second kappa shape index (κ2) is 5.10. The summed E-state index contributed by atoms with van der Waals surface area (Å²) in [6, 6.07) is 4.60. The smallest absolute Gasteiger partial charge is 0.127 e. The quantitative estimate of drug-likeness (QED) is 0.779. The minimum absolute atomic E-state index is 0.281. The molecule has 0 heterocycles. The van der Waals surface area contributed by atoms with Gasteiger partial charge in [0.15, 0.2) is 0 Å². The molecule has 0 unspecified atom stereocenters. The van der Waals surface area contributed by atoms with Crippen LogP contribution in [0.4, 0.5) is 15.8 Å². The Bertz CT molecular complexity index is 284. The van der Waals surface area contributed by atoms with Crippen molar-refractivity contribution in [1.82, 2.24) is 0 Å². The fraction of sp³-hybridized carbons (Fsp3) is 0.400. The Morgan fingerprint density at radius 3 is 2.71 bits per heavy atom. The lowest BCUT2D eigenvalue weighted by molar-refractivity contribution is 0.628. The zero-order valence-corrected chi connectivity index (χ0v) is 9.27. The second-order valence-corrected chi connectivity index (χ2v) is 4.14. The largest absolute Gasteiger partial charge is 0.399 e. The summed E-state index contributed by atoms with van der Waals surface area (Å²) >= 11 is 1.77. The highest BCUT2D eigenvalue weighted by Gasteiger charge is 2.03. The van der Waals surface area contributed by atoms with Gasteiger partial charge < -0.3 is 10.6 Å². The topological polar surface area (TPSA) is 29.3 Å². The van der Waals surface area contributed by atoms with Crippen LogP contribution in [0.25, 0.3) is 0 Å². The highest BCUT2D eigenvalue weighted by atomic mass is 32.2. The van der Waals surface area contributed by atoms with Crippen LogP contribution < -0.4 is 10.6 Å². The SMILES string of the molecule is CSCCN(C)c1cc(N)cc(F)c1. The van der Waals surface area contributed by atoms with Crippen molar-refractivity contribution >= 4 is 23.1 Å². The number of anilines is 2. The molecule has 0 aliphatic heterocycles. The van der Waals surface area contributed by atoms with Gasteiger partial charge in [-0.15, -0.1) is 0 Å². The molecule has 0 spiro atoms. The number of benzene rings is 1. The van der Waals surface area contributed by atoms with Gasteiger partial charge in [0, 0.05) is 30.7 Å². The summed E-state index contributed by atoms with van der Waals surface area (Å²) in [4.78, 5) is 2.00. The Kier molecular flexibility index (Phi) is 4.07. The highest BCUT2D eigenvalue weighted by Crippen LogP contribution is 2.18. The molecule has 78 valence electrons. The fourth-order valence-electron chi connectivity index (χ4n) is 1.17. The van der Waals surface area contributed by atoms with Crippen LogP contribution in [-0.4, -0.2) is 25.6 Å². The summed E-state index contributed by atoms with van der Waals surface area (Å²) in [6.07, 6.45) is 2.05. The summed E-state index contributed by atoms with van der Waals surface area (Å²) in [5, 5.41) is 0. The standard InChI is InChI=1S/C10H15FN2S/c1-13(3-4-14-2)10-6-8(11)5-9(12)7-10/h5-7H,3-4,12H2,1-2H3. The van der Waals surface area contributed by atoms with Crippen LogP contribution in [0.15, 0.2) is 18.2 Å². The molecule has 0 radical (unpaired) electrons. The van der Waals surface area contributed by atoms with Gasteiger partial charge in [-0.05, 0) is 24.5 Å². The van der Waals surface area contributed by atoms with E-state index in [2.05, 4.69) is 0 Å². The third-order valence-electron chi connectivity index (χ3n) is 1.98. The van der Waals surface area contributed by atoms with Crippen LogP contribution in [-0.2, 0) is 0 Å². The summed E-state index contributed by atoms with van der Waals surface area (Å²) in [6.45, 7) is 0.893. The van der Waals surface area contributed by atoms with Crippen LogP contribution in [0, 0.1) is 5.82 Å². The van der Waals surface area contributed by atoms with Crippen LogP contribution >= 0.6 is 11.8 Å². The van der Waals surface area contributed by atoms with Crippen molar-refractivity contribution in [3.05, 3.63) is 24.0 Å². The minimum atomic E-state index is -0.281. The van der Waals surface area contributed by atoms with Crippen LogP contribution in [0.1, 0.15) is 0 Å². The average Bonchev–Trinajstić information content (AvgIpc) is 2.12. The van der Waals surface area contributed by atoms with E-state index in [1.54, 1.807) is 17.8 Å². The number of nitrogens with two attached hydrogens (primary N) is 1. The fourth-order valence-corrected chi connectivity index (χ4v) is 1.63. The van der Waals surface area contributed by atoms with Gasteiger partial charge in [-0.3, -0.25) is 0 Å². The average molecular weight is 214 g/mol. The molecule has 2 N–H and O–H groups in total. The summed E-state index contributed by atoms with van der Waals surface area (Å²) in [5.74, 6) is 0.739. The first-order valence-corrected chi connectivity index (χ1v) is 5.79. The Morgan fingerprint density at radius 2 is 2.14 bits per heavy atom. The van der Waals surface area contributed by atoms with Crippen molar-refractivity contribution < 1.29 is 4.39 Å². The van der Waals surface area contributed by atoms with Gasteiger partial charge in [-0.1, -0.05) is 0 Å². The van der Waals surface area contributed by atoms with Gasteiger partial charge in [0.05, 0.1) is 0 Å². The van der Waals surface area contributed by atoms with Crippen molar-refractivity contribution in [3.8, 4) is 0 Å². The van der Waals surface area contributed by atoms with Gasteiger partial charge in [0.25, 0.3) is 0 Å². The number of thioether (sulfide) groups is 1. The lowest BCUT2D eigenvalue weighted by atomic mass is 10.2. The predicted octanol–water partition coefficient (Wildman–Crippen LogP) is 2.21. The third kappa shape index (κ3) is 3.10. The first-order valence-electron chi connectivity index (χ1n) is 4.39. The molecule has 0 aromatic heterocycles. The zero-order valence-electron chi connectivity index (χ0n) is 8.46. The summed E-state index contributed by atoms with van der Waals surface area (Å²) in [7, 11) is 1.93. The lowest BCUT2D eigenvalue weighted by Gasteiger charge is -2.19. The van der Waals surface area contributed by atoms with Gasteiger partial charge in [-0.25, -0.2) is 4.39 Å². The molecule has 0 saturated heterocycles. The molecule has 2 nitrogen and oxygen atoms in total. The van der Waals surface area contributed by atoms with E-state index < -0.39 is 0 Å². The molecular formula is C10H15FN2S. The number of halogens is 1. The number of nitrogen functional groups attached to an aromatic ring is 1. The van der Waals surface area contributed by atoms with Gasteiger partial charge in [0.2, 0.25) is 0 Å². The molecule has 0 atom stereocenters. The lowest BCUT2D eigenvalue weighted by Crippen LogP contribution is -2.20. The Balaban J connectivity index is 2.73. The Hall–Kier alpha value is -0.900. The maximum absolute atomic E-state index is 13.0. The van der Waals surface area contributed by atoms with Crippen molar-refractivity contribution in [2.24, 2.45) is 0 Å². The van der Waals surface area contributed by atoms with E-state index in [0.29, 0.717) is 5.69 Å². The first kappa shape index (κ1) is 11.2. The number of hydrogen-bond donors (Lipinski definition) is 1. The molecule has 0 aliphatic rings. The predicted molar refractivity (Wildman–Crippen MR) is 62.5 cm³/mol. The molecule has 1 rings (SSSR count). The molecule has 14 heavy (non-hydrogen) atoms. The van der Waals surface area contributed by atoms with Gasteiger partial charge in [-0.2, -0.15) is 11.8 Å². The minimum Gasteiger partial charge on any atom is -0.399 e. The second-order valence-electron chi connectivity index (χ2n) is 3.16. The van der Waals surface area contributed by atoms with E-state index in [4.69, 9.17) is 5.73 Å². The summed E-state index contributed by atoms with van der Waals surface area (Å²) < 4.78 is 13.0. The molecule has 0 saturated carbocycles. The van der Waals surface area contributed by atoms with Crippen LogP contribution in [0.5, 0.6) is 0 Å². The number of hydrogen-bond acceptors (Lipinski definition) is 3. The van der Waals surface area contributed by atoms with E-state index >= 15 is 0 Å². The van der Waals surface area contributed by atoms with Gasteiger partial charge in [0.1, 0.15) is 5.82 Å². The van der Waals surface area contributed by atoms with Crippen molar-refractivity contribution in [2.75, 3.05) is 36.2 Å². The molecule has 0 bridgehead atoms. The number of nitrogens with zero attached hydrogens (tertiary/aromatic N) is 1. The Labute approximate surface area is 88.3 Å². The maximum atomic E-state index is 13.0. The molecule has 0 fully saturated rings. The zero-order chi connectivity index (χ0) is 10.6. The molecule has 0 aliphatic carbocycles. The maximum Gasteiger partial charge on any atom is 0.127 e. The monoisotopic (exact) mass is 214 g/mol.